The molecule has 1 N–H and O–H groups in total. The Morgan fingerprint density at radius 3 is 2.23 bits per heavy atom. The van der Waals surface area contributed by atoms with Gasteiger partial charge in [-0.25, -0.2) is 0 Å². The zero-order valence-corrected chi connectivity index (χ0v) is 14.6. The summed E-state index contributed by atoms with van der Waals surface area (Å²) in [6.07, 6.45) is 2.06. The Labute approximate surface area is 153 Å². The second-order valence-electron chi connectivity index (χ2n) is 6.46. The number of hydrogen-bond acceptors (Lipinski definition) is 2. The van der Waals surface area contributed by atoms with Gasteiger partial charge in [0.2, 0.25) is 0 Å². The van der Waals surface area contributed by atoms with Crippen LogP contribution < -0.4 is 0 Å². The minimum absolute atomic E-state index is 0.242. The highest BCUT2D eigenvalue weighted by atomic mass is 16.3. The molecular formula is C23H20N2O. The lowest BCUT2D eigenvalue weighted by Gasteiger charge is -2.05. The van der Waals surface area contributed by atoms with Gasteiger partial charge in [0, 0.05) is 17.3 Å². The predicted molar refractivity (Wildman–Crippen MR) is 105 cm³/mol. The second kappa shape index (κ2) is 6.89. The van der Waals surface area contributed by atoms with Gasteiger partial charge in [-0.15, -0.1) is 0 Å². The predicted octanol–water partition coefficient (Wildman–Crippen LogP) is 5.28. The highest BCUT2D eigenvalue weighted by Gasteiger charge is 2.16. The lowest BCUT2D eigenvalue weighted by atomic mass is 10.0. The number of benzene rings is 3. The molecule has 128 valence electrons. The van der Waals surface area contributed by atoms with Crippen molar-refractivity contribution < 1.29 is 5.11 Å². The van der Waals surface area contributed by atoms with Crippen LogP contribution in [0.3, 0.4) is 0 Å². The maximum Gasteiger partial charge on any atom is 0.125 e. The smallest absolute Gasteiger partial charge is 0.125 e. The SMILES string of the molecule is Cc1ccc(-c2cn(Cc3ccccc3)nc2-c2ccccc2O)cc1. The zero-order valence-electron chi connectivity index (χ0n) is 14.6. The van der Waals surface area contributed by atoms with Gasteiger partial charge >= 0.3 is 0 Å². The van der Waals surface area contributed by atoms with E-state index in [9.17, 15) is 5.11 Å². The van der Waals surface area contributed by atoms with Gasteiger partial charge in [-0.05, 0) is 30.2 Å². The summed E-state index contributed by atoms with van der Waals surface area (Å²) in [6, 6.07) is 26.0. The average molecular weight is 340 g/mol. The van der Waals surface area contributed by atoms with Crippen LogP contribution in [0, 0.1) is 6.92 Å². The number of hydrogen-bond donors (Lipinski definition) is 1. The molecule has 4 aromatic rings. The first-order chi connectivity index (χ1) is 12.7. The van der Waals surface area contributed by atoms with Crippen molar-refractivity contribution in [2.45, 2.75) is 13.5 Å². The molecule has 0 saturated carbocycles. The molecule has 0 spiro atoms. The lowest BCUT2D eigenvalue weighted by Crippen LogP contribution is -2.00. The average Bonchev–Trinajstić information content (AvgIpc) is 3.07. The van der Waals surface area contributed by atoms with E-state index in [2.05, 4.69) is 49.5 Å². The summed E-state index contributed by atoms with van der Waals surface area (Å²) in [5.41, 5.74) is 6.05. The van der Waals surface area contributed by atoms with Crippen LogP contribution in [0.25, 0.3) is 22.4 Å². The number of aryl methyl sites for hydroxylation is 1. The molecule has 0 amide bonds. The first-order valence-electron chi connectivity index (χ1n) is 8.67. The van der Waals surface area contributed by atoms with E-state index in [-0.39, 0.29) is 5.75 Å². The highest BCUT2D eigenvalue weighted by Crippen LogP contribution is 2.35. The van der Waals surface area contributed by atoms with E-state index in [1.165, 1.54) is 11.1 Å². The molecule has 1 heterocycles. The Hall–Kier alpha value is -3.33. The van der Waals surface area contributed by atoms with E-state index in [0.717, 1.165) is 22.4 Å². The van der Waals surface area contributed by atoms with Crippen LogP contribution in [0.2, 0.25) is 0 Å². The summed E-state index contributed by atoms with van der Waals surface area (Å²) in [5.74, 6) is 0.242. The summed E-state index contributed by atoms with van der Waals surface area (Å²) in [5, 5.41) is 15.1. The molecular weight excluding hydrogens is 320 g/mol. The van der Waals surface area contributed by atoms with Crippen LogP contribution in [0.5, 0.6) is 5.75 Å². The summed E-state index contributed by atoms with van der Waals surface area (Å²) < 4.78 is 1.94. The van der Waals surface area contributed by atoms with Crippen molar-refractivity contribution in [3.8, 4) is 28.1 Å². The summed E-state index contributed by atoms with van der Waals surface area (Å²) in [6.45, 7) is 2.76. The third-order valence-corrected chi connectivity index (χ3v) is 4.47. The molecule has 3 heteroatoms. The quantitative estimate of drug-likeness (QED) is 0.549. The van der Waals surface area contributed by atoms with Crippen LogP contribution in [-0.2, 0) is 6.54 Å². The van der Waals surface area contributed by atoms with E-state index >= 15 is 0 Å². The van der Waals surface area contributed by atoms with E-state index in [1.54, 1.807) is 6.07 Å². The van der Waals surface area contributed by atoms with Crippen molar-refractivity contribution in [1.29, 1.82) is 0 Å². The van der Waals surface area contributed by atoms with Crippen molar-refractivity contribution in [2.24, 2.45) is 0 Å². The fourth-order valence-electron chi connectivity index (χ4n) is 3.09. The minimum atomic E-state index is 0.242. The summed E-state index contributed by atoms with van der Waals surface area (Å²) in [7, 11) is 0. The Morgan fingerprint density at radius 2 is 1.50 bits per heavy atom. The van der Waals surface area contributed by atoms with Crippen LogP contribution >= 0.6 is 0 Å². The van der Waals surface area contributed by atoms with Crippen LogP contribution in [0.1, 0.15) is 11.1 Å². The number of phenols is 1. The topological polar surface area (TPSA) is 38.0 Å². The third-order valence-electron chi connectivity index (χ3n) is 4.47. The van der Waals surface area contributed by atoms with Crippen molar-refractivity contribution in [3.05, 3.63) is 96.2 Å². The van der Waals surface area contributed by atoms with Crippen molar-refractivity contribution in [1.82, 2.24) is 9.78 Å². The number of nitrogens with zero attached hydrogens (tertiary/aromatic N) is 2. The monoisotopic (exact) mass is 340 g/mol. The second-order valence-corrected chi connectivity index (χ2v) is 6.46. The largest absolute Gasteiger partial charge is 0.507 e. The Balaban J connectivity index is 1.82. The molecule has 4 rings (SSSR count). The van der Waals surface area contributed by atoms with Crippen molar-refractivity contribution in [2.75, 3.05) is 0 Å². The minimum Gasteiger partial charge on any atom is -0.507 e. The molecule has 0 aliphatic carbocycles. The lowest BCUT2D eigenvalue weighted by molar-refractivity contribution is 0.477. The Bertz CT molecular complexity index is 1020. The van der Waals surface area contributed by atoms with Crippen LogP contribution in [-0.4, -0.2) is 14.9 Å². The fraction of sp³-hybridized carbons (Fsp3) is 0.0870. The molecule has 0 atom stereocenters. The molecule has 0 aliphatic heterocycles. The molecule has 0 unspecified atom stereocenters. The first-order valence-corrected chi connectivity index (χ1v) is 8.67. The first kappa shape index (κ1) is 16.2. The van der Waals surface area contributed by atoms with Crippen molar-refractivity contribution in [3.63, 3.8) is 0 Å². The highest BCUT2D eigenvalue weighted by molar-refractivity contribution is 5.83. The number of para-hydroxylation sites is 1. The summed E-state index contributed by atoms with van der Waals surface area (Å²) in [4.78, 5) is 0. The van der Waals surface area contributed by atoms with Gasteiger partial charge in [-0.1, -0.05) is 72.3 Å². The van der Waals surface area contributed by atoms with E-state index in [4.69, 9.17) is 5.10 Å². The van der Waals surface area contributed by atoms with Gasteiger partial charge in [0.05, 0.1) is 6.54 Å². The fourth-order valence-corrected chi connectivity index (χ4v) is 3.09. The van der Waals surface area contributed by atoms with Crippen LogP contribution in [0.15, 0.2) is 85.1 Å². The van der Waals surface area contributed by atoms with E-state index in [1.807, 2.05) is 41.1 Å². The van der Waals surface area contributed by atoms with Gasteiger partial charge in [0.1, 0.15) is 11.4 Å². The maximum absolute atomic E-state index is 10.3. The van der Waals surface area contributed by atoms with Crippen molar-refractivity contribution >= 4 is 0 Å². The molecule has 0 fully saturated rings. The van der Waals surface area contributed by atoms with Gasteiger partial charge in [-0.2, -0.15) is 5.10 Å². The molecule has 3 nitrogen and oxygen atoms in total. The van der Waals surface area contributed by atoms with Gasteiger partial charge in [-0.3, -0.25) is 4.68 Å². The number of aromatic nitrogens is 2. The van der Waals surface area contributed by atoms with E-state index < -0.39 is 0 Å². The number of aromatic hydroxyl groups is 1. The van der Waals surface area contributed by atoms with Gasteiger partial charge < -0.3 is 5.11 Å². The van der Waals surface area contributed by atoms with Gasteiger partial charge in [0.15, 0.2) is 0 Å². The molecule has 0 aliphatic rings. The Kier molecular flexibility index (Phi) is 4.28. The number of rotatable bonds is 4. The Morgan fingerprint density at radius 1 is 0.808 bits per heavy atom. The maximum atomic E-state index is 10.3. The normalized spacial score (nSPS) is 10.8. The molecule has 3 aromatic carbocycles. The standard InChI is InChI=1S/C23H20N2O/c1-17-11-13-19(14-12-17)21-16-25(15-18-7-3-2-4-8-18)24-23(21)20-9-5-6-10-22(20)26/h2-14,16,26H,15H2,1H3. The zero-order chi connectivity index (χ0) is 17.9. The van der Waals surface area contributed by atoms with E-state index in [0.29, 0.717) is 6.54 Å². The molecule has 0 saturated heterocycles. The summed E-state index contributed by atoms with van der Waals surface area (Å²) >= 11 is 0. The molecule has 0 bridgehead atoms. The number of phenolic OH excluding ortho intramolecular Hbond substituents is 1. The van der Waals surface area contributed by atoms with Gasteiger partial charge in [0.25, 0.3) is 0 Å². The molecule has 26 heavy (non-hydrogen) atoms. The third kappa shape index (κ3) is 3.24. The molecule has 0 radical (unpaired) electrons. The molecule has 1 aromatic heterocycles. The van der Waals surface area contributed by atoms with Crippen LogP contribution in [0.4, 0.5) is 0 Å².